The van der Waals surface area contributed by atoms with Gasteiger partial charge in [0.1, 0.15) is 5.76 Å². The SMILES string of the molecule is COCCNC(=O)[C@H]1CC[C@H](C)N(Cc2c(C)noc2C)C1. The van der Waals surface area contributed by atoms with Gasteiger partial charge < -0.3 is 14.6 Å². The fraction of sp³-hybridized carbons (Fsp3) is 0.750. The predicted molar refractivity (Wildman–Crippen MR) is 83.5 cm³/mol. The highest BCUT2D eigenvalue weighted by molar-refractivity contribution is 5.78. The van der Waals surface area contributed by atoms with E-state index in [2.05, 4.69) is 22.3 Å². The average Bonchev–Trinajstić information content (AvgIpc) is 2.81. The number of methoxy groups -OCH3 is 1. The van der Waals surface area contributed by atoms with Gasteiger partial charge in [0.05, 0.1) is 18.2 Å². The molecule has 0 spiro atoms. The Bertz CT molecular complexity index is 481. The number of amides is 1. The number of carbonyl (C=O) groups excluding carboxylic acids is 1. The quantitative estimate of drug-likeness (QED) is 0.809. The molecule has 6 heteroatoms. The van der Waals surface area contributed by atoms with Crippen molar-refractivity contribution >= 4 is 5.91 Å². The molecular weight excluding hydrogens is 282 g/mol. The molecule has 0 aromatic carbocycles. The summed E-state index contributed by atoms with van der Waals surface area (Å²) in [5.41, 5.74) is 2.09. The molecule has 0 aliphatic carbocycles. The van der Waals surface area contributed by atoms with E-state index in [1.54, 1.807) is 7.11 Å². The number of nitrogens with one attached hydrogen (secondary N) is 1. The summed E-state index contributed by atoms with van der Waals surface area (Å²) in [4.78, 5) is 14.6. The molecule has 2 rings (SSSR count). The zero-order valence-corrected chi connectivity index (χ0v) is 14.0. The van der Waals surface area contributed by atoms with E-state index < -0.39 is 0 Å². The molecular formula is C16H27N3O3. The zero-order chi connectivity index (χ0) is 16.1. The van der Waals surface area contributed by atoms with Crippen LogP contribution in [0.1, 0.15) is 36.8 Å². The molecule has 124 valence electrons. The molecule has 1 aromatic heterocycles. The molecule has 0 bridgehead atoms. The molecule has 0 radical (unpaired) electrons. The average molecular weight is 309 g/mol. The van der Waals surface area contributed by atoms with Crippen molar-refractivity contribution in [3.63, 3.8) is 0 Å². The second kappa shape index (κ2) is 7.74. The molecule has 1 saturated heterocycles. The highest BCUT2D eigenvalue weighted by Gasteiger charge is 2.30. The van der Waals surface area contributed by atoms with Crippen LogP contribution in [-0.4, -0.2) is 48.8 Å². The summed E-state index contributed by atoms with van der Waals surface area (Å²) in [6.07, 6.45) is 1.98. The number of carbonyl (C=O) groups is 1. The first-order valence-electron chi connectivity index (χ1n) is 7.95. The van der Waals surface area contributed by atoms with Crippen molar-refractivity contribution in [1.82, 2.24) is 15.4 Å². The molecule has 0 saturated carbocycles. The number of piperidine rings is 1. The topological polar surface area (TPSA) is 67.6 Å². The third-order valence-corrected chi connectivity index (χ3v) is 4.53. The Balaban J connectivity index is 1.95. The minimum absolute atomic E-state index is 0.0496. The van der Waals surface area contributed by atoms with Crippen molar-refractivity contribution in [2.24, 2.45) is 5.92 Å². The molecule has 1 amide bonds. The van der Waals surface area contributed by atoms with E-state index in [-0.39, 0.29) is 11.8 Å². The standard InChI is InChI=1S/C16H27N3O3/c1-11-5-6-14(16(20)17-7-8-21-4)9-19(11)10-15-12(2)18-22-13(15)3/h11,14H,5-10H2,1-4H3,(H,17,20)/t11-,14-/m0/s1. The van der Waals surface area contributed by atoms with Crippen molar-refractivity contribution in [3.8, 4) is 0 Å². The Hall–Kier alpha value is -1.40. The van der Waals surface area contributed by atoms with Gasteiger partial charge in [-0.25, -0.2) is 0 Å². The third-order valence-electron chi connectivity index (χ3n) is 4.53. The maximum Gasteiger partial charge on any atom is 0.224 e. The number of aromatic nitrogens is 1. The van der Waals surface area contributed by atoms with Gasteiger partial charge in [0.15, 0.2) is 0 Å². The van der Waals surface area contributed by atoms with Crippen LogP contribution in [0.2, 0.25) is 0 Å². The van der Waals surface area contributed by atoms with Gasteiger partial charge in [0.25, 0.3) is 0 Å². The lowest BCUT2D eigenvalue weighted by molar-refractivity contribution is -0.127. The third kappa shape index (κ3) is 4.08. The zero-order valence-electron chi connectivity index (χ0n) is 14.0. The summed E-state index contributed by atoms with van der Waals surface area (Å²) in [5, 5.41) is 6.96. The Morgan fingerprint density at radius 2 is 2.23 bits per heavy atom. The lowest BCUT2D eigenvalue weighted by Crippen LogP contribution is -2.47. The van der Waals surface area contributed by atoms with Crippen LogP contribution in [0.25, 0.3) is 0 Å². The van der Waals surface area contributed by atoms with Gasteiger partial charge in [-0.1, -0.05) is 5.16 Å². The van der Waals surface area contributed by atoms with Crippen LogP contribution in [0, 0.1) is 19.8 Å². The van der Waals surface area contributed by atoms with Gasteiger partial charge in [0, 0.05) is 38.3 Å². The highest BCUT2D eigenvalue weighted by Crippen LogP contribution is 2.25. The van der Waals surface area contributed by atoms with Crippen LogP contribution in [0.3, 0.4) is 0 Å². The van der Waals surface area contributed by atoms with Gasteiger partial charge in [-0.15, -0.1) is 0 Å². The minimum atomic E-state index is 0.0496. The molecule has 22 heavy (non-hydrogen) atoms. The van der Waals surface area contributed by atoms with Crippen LogP contribution in [0.15, 0.2) is 4.52 Å². The summed E-state index contributed by atoms with van der Waals surface area (Å²) in [7, 11) is 1.64. The molecule has 1 fully saturated rings. The van der Waals surface area contributed by atoms with E-state index in [1.165, 1.54) is 0 Å². The van der Waals surface area contributed by atoms with Crippen LogP contribution in [0.4, 0.5) is 0 Å². The Kier molecular flexibility index (Phi) is 5.97. The smallest absolute Gasteiger partial charge is 0.224 e. The van der Waals surface area contributed by atoms with Crippen LogP contribution < -0.4 is 5.32 Å². The van der Waals surface area contributed by atoms with Crippen molar-refractivity contribution < 1.29 is 14.1 Å². The molecule has 0 unspecified atom stereocenters. The fourth-order valence-corrected chi connectivity index (χ4v) is 2.97. The number of likely N-dealkylation sites (tertiary alicyclic amines) is 1. The van der Waals surface area contributed by atoms with Crippen molar-refractivity contribution in [3.05, 3.63) is 17.0 Å². The summed E-state index contributed by atoms with van der Waals surface area (Å²) in [6.45, 7) is 8.84. The number of hydrogen-bond donors (Lipinski definition) is 1. The maximum absolute atomic E-state index is 12.2. The predicted octanol–water partition coefficient (Wildman–Crippen LogP) is 1.65. The molecule has 1 N–H and O–H groups in total. The second-order valence-electron chi connectivity index (χ2n) is 6.14. The number of hydrogen-bond acceptors (Lipinski definition) is 5. The first kappa shape index (κ1) is 17.0. The van der Waals surface area contributed by atoms with E-state index >= 15 is 0 Å². The van der Waals surface area contributed by atoms with E-state index in [9.17, 15) is 4.79 Å². The van der Waals surface area contributed by atoms with E-state index in [0.29, 0.717) is 19.2 Å². The molecule has 2 heterocycles. The maximum atomic E-state index is 12.2. The number of ether oxygens (including phenoxy) is 1. The fourth-order valence-electron chi connectivity index (χ4n) is 2.97. The lowest BCUT2D eigenvalue weighted by Gasteiger charge is -2.37. The summed E-state index contributed by atoms with van der Waals surface area (Å²) < 4.78 is 10.2. The molecule has 6 nitrogen and oxygen atoms in total. The van der Waals surface area contributed by atoms with Crippen molar-refractivity contribution in [1.29, 1.82) is 0 Å². The van der Waals surface area contributed by atoms with E-state index in [0.717, 1.165) is 42.9 Å². The van der Waals surface area contributed by atoms with Gasteiger partial charge >= 0.3 is 0 Å². The molecule has 1 aromatic rings. The number of nitrogens with zero attached hydrogens (tertiary/aromatic N) is 2. The minimum Gasteiger partial charge on any atom is -0.383 e. The van der Waals surface area contributed by atoms with Gasteiger partial charge in [-0.2, -0.15) is 0 Å². The summed E-state index contributed by atoms with van der Waals surface area (Å²) in [6, 6.07) is 0.469. The highest BCUT2D eigenvalue weighted by atomic mass is 16.5. The molecule has 1 aliphatic rings. The van der Waals surface area contributed by atoms with Gasteiger partial charge in [-0.05, 0) is 33.6 Å². The number of rotatable bonds is 6. The van der Waals surface area contributed by atoms with Crippen LogP contribution in [-0.2, 0) is 16.1 Å². The Labute approximate surface area is 132 Å². The Morgan fingerprint density at radius 3 is 2.86 bits per heavy atom. The lowest BCUT2D eigenvalue weighted by atomic mass is 9.92. The first-order chi connectivity index (χ1) is 10.5. The Morgan fingerprint density at radius 1 is 1.45 bits per heavy atom. The normalized spacial score (nSPS) is 22.7. The first-order valence-corrected chi connectivity index (χ1v) is 7.95. The second-order valence-corrected chi connectivity index (χ2v) is 6.14. The number of aryl methyl sites for hydroxylation is 2. The largest absolute Gasteiger partial charge is 0.383 e. The summed E-state index contributed by atoms with van der Waals surface area (Å²) >= 11 is 0. The van der Waals surface area contributed by atoms with E-state index in [4.69, 9.17) is 9.26 Å². The summed E-state index contributed by atoms with van der Waals surface area (Å²) in [5.74, 6) is 1.05. The van der Waals surface area contributed by atoms with E-state index in [1.807, 2.05) is 13.8 Å². The van der Waals surface area contributed by atoms with Crippen molar-refractivity contribution in [2.45, 2.75) is 46.2 Å². The van der Waals surface area contributed by atoms with Crippen LogP contribution >= 0.6 is 0 Å². The monoisotopic (exact) mass is 309 g/mol. The van der Waals surface area contributed by atoms with Crippen LogP contribution in [0.5, 0.6) is 0 Å². The molecule has 2 atom stereocenters. The van der Waals surface area contributed by atoms with Crippen molar-refractivity contribution in [2.75, 3.05) is 26.8 Å². The van der Waals surface area contributed by atoms with Gasteiger partial charge in [-0.3, -0.25) is 9.69 Å². The molecule has 1 aliphatic heterocycles. The van der Waals surface area contributed by atoms with Gasteiger partial charge in [0.2, 0.25) is 5.91 Å².